The van der Waals surface area contributed by atoms with Crippen LogP contribution in [-0.2, 0) is 9.47 Å². The Morgan fingerprint density at radius 3 is 1.53 bits per heavy atom. The number of fused-ring (bicyclic) bond motifs is 1. The molecular weight excluding hydrogens is 384 g/mol. The van der Waals surface area contributed by atoms with E-state index in [2.05, 4.69) is 6.58 Å². The number of hydrogen-bond donors (Lipinski definition) is 2. The Morgan fingerprint density at radius 1 is 0.833 bits per heavy atom. The first-order valence-electron chi connectivity index (χ1n) is 9.94. The minimum absolute atomic E-state index is 0.0986. The maximum Gasteiger partial charge on any atom is 0.160 e. The van der Waals surface area contributed by atoms with Crippen molar-refractivity contribution >= 4 is 0 Å². The largest absolute Gasteiger partial charge is 0.504 e. The van der Waals surface area contributed by atoms with Crippen LogP contribution in [0.1, 0.15) is 37.2 Å². The number of benzene rings is 2. The third kappa shape index (κ3) is 4.55. The summed E-state index contributed by atoms with van der Waals surface area (Å²) < 4.78 is 22.6. The molecule has 0 unspecified atom stereocenters. The van der Waals surface area contributed by atoms with Gasteiger partial charge < -0.3 is 29.2 Å². The van der Waals surface area contributed by atoms with Crippen molar-refractivity contribution in [2.45, 2.75) is 26.1 Å². The number of phenols is 2. The van der Waals surface area contributed by atoms with Crippen LogP contribution in [0, 0.1) is 11.8 Å². The molecule has 0 saturated carbocycles. The lowest BCUT2D eigenvalue weighted by molar-refractivity contribution is 0.0191. The van der Waals surface area contributed by atoms with Crippen molar-refractivity contribution in [2.24, 2.45) is 11.8 Å². The zero-order valence-electron chi connectivity index (χ0n) is 17.9. The highest BCUT2D eigenvalue weighted by molar-refractivity contribution is 5.44. The summed E-state index contributed by atoms with van der Waals surface area (Å²) in [5.74, 6) is 1.54. The number of ether oxygens (including phenoxy) is 4. The second-order valence-corrected chi connectivity index (χ2v) is 7.91. The summed E-state index contributed by atoms with van der Waals surface area (Å²) in [7, 11) is 3.06. The Bertz CT molecular complexity index is 822. The van der Waals surface area contributed by atoms with Crippen molar-refractivity contribution in [3.05, 3.63) is 59.7 Å². The zero-order valence-corrected chi connectivity index (χ0v) is 17.9. The van der Waals surface area contributed by atoms with Gasteiger partial charge in [0.25, 0.3) is 0 Å². The van der Waals surface area contributed by atoms with Crippen LogP contribution in [-0.4, -0.2) is 37.6 Å². The fourth-order valence-electron chi connectivity index (χ4n) is 3.98. The van der Waals surface area contributed by atoms with Crippen molar-refractivity contribution in [1.29, 1.82) is 0 Å². The van der Waals surface area contributed by atoms with E-state index in [9.17, 15) is 10.2 Å². The summed E-state index contributed by atoms with van der Waals surface area (Å²) in [6, 6.07) is 10.6. The van der Waals surface area contributed by atoms with Crippen LogP contribution in [0.25, 0.3) is 0 Å². The Morgan fingerprint density at radius 2 is 1.20 bits per heavy atom. The van der Waals surface area contributed by atoms with E-state index in [4.69, 9.17) is 18.9 Å². The molecule has 2 aromatic rings. The highest BCUT2D eigenvalue weighted by atomic mass is 16.5. The van der Waals surface area contributed by atoms with Gasteiger partial charge >= 0.3 is 0 Å². The van der Waals surface area contributed by atoms with E-state index < -0.39 is 0 Å². The van der Waals surface area contributed by atoms with Gasteiger partial charge in [-0.25, -0.2) is 0 Å². The van der Waals surface area contributed by atoms with Gasteiger partial charge in [-0.2, -0.15) is 0 Å². The standard InChI is InChI=1S/C20H22O6.C4H8/c1-23-17-7-11(3-5-15(17)21)19-13-9-26-20(14(13)10-25-19)12-4-6-16(22)18(8-12)24-2;1-4(2)3/h3-8,13-14,19-22H,9-10H2,1-2H3;1H2,2-3H3/t13-,14-,19+,20+;/m0./s1. The third-order valence-electron chi connectivity index (χ3n) is 5.33. The lowest BCUT2D eigenvalue weighted by Crippen LogP contribution is -2.14. The van der Waals surface area contributed by atoms with Crippen molar-refractivity contribution < 1.29 is 29.2 Å². The Labute approximate surface area is 177 Å². The highest BCUT2D eigenvalue weighted by Gasteiger charge is 2.48. The predicted octanol–water partition coefficient (Wildman–Crippen LogP) is 4.77. The average Bonchev–Trinajstić information content (AvgIpc) is 3.31. The van der Waals surface area contributed by atoms with Crippen molar-refractivity contribution in [3.8, 4) is 23.0 Å². The molecule has 0 bridgehead atoms. The Hall–Kier alpha value is -2.70. The van der Waals surface area contributed by atoms with E-state index in [1.54, 1.807) is 12.1 Å². The molecule has 6 nitrogen and oxygen atoms in total. The summed E-state index contributed by atoms with van der Waals surface area (Å²) in [6.07, 6.45) is -0.197. The first-order valence-corrected chi connectivity index (χ1v) is 9.94. The number of hydrogen-bond acceptors (Lipinski definition) is 6. The van der Waals surface area contributed by atoms with Crippen LogP contribution in [0.15, 0.2) is 48.6 Å². The van der Waals surface area contributed by atoms with Gasteiger partial charge in [-0.1, -0.05) is 17.7 Å². The van der Waals surface area contributed by atoms with Gasteiger partial charge in [-0.15, -0.1) is 6.58 Å². The number of allylic oxidation sites excluding steroid dienone is 1. The summed E-state index contributed by atoms with van der Waals surface area (Å²) in [5.41, 5.74) is 3.11. The molecule has 4 atom stereocenters. The number of methoxy groups -OCH3 is 2. The van der Waals surface area contributed by atoms with Crippen molar-refractivity contribution in [1.82, 2.24) is 0 Å². The molecule has 2 fully saturated rings. The quantitative estimate of drug-likeness (QED) is 0.702. The minimum atomic E-state index is -0.0986. The van der Waals surface area contributed by atoms with E-state index >= 15 is 0 Å². The summed E-state index contributed by atoms with van der Waals surface area (Å²) in [6.45, 7) is 8.68. The molecule has 0 aromatic heterocycles. The summed E-state index contributed by atoms with van der Waals surface area (Å²) in [5, 5.41) is 19.6. The van der Waals surface area contributed by atoms with Crippen molar-refractivity contribution in [2.75, 3.05) is 27.4 Å². The predicted molar refractivity (Wildman–Crippen MR) is 114 cm³/mol. The van der Waals surface area contributed by atoms with Gasteiger partial charge in [0, 0.05) is 11.8 Å². The van der Waals surface area contributed by atoms with E-state index in [0.29, 0.717) is 24.7 Å². The van der Waals surface area contributed by atoms with Crippen LogP contribution >= 0.6 is 0 Å². The van der Waals surface area contributed by atoms with Crippen molar-refractivity contribution in [3.63, 3.8) is 0 Å². The number of rotatable bonds is 4. The Kier molecular flexibility index (Phi) is 6.90. The molecule has 162 valence electrons. The normalized spacial score (nSPS) is 24.5. The van der Waals surface area contributed by atoms with E-state index in [1.807, 2.05) is 38.1 Å². The molecule has 0 radical (unpaired) electrons. The van der Waals surface area contributed by atoms with Crippen LogP contribution in [0.3, 0.4) is 0 Å². The molecule has 30 heavy (non-hydrogen) atoms. The summed E-state index contributed by atoms with van der Waals surface area (Å²) in [4.78, 5) is 0. The van der Waals surface area contributed by atoms with Gasteiger partial charge in [-0.3, -0.25) is 0 Å². The lowest BCUT2D eigenvalue weighted by atomic mass is 9.85. The van der Waals surface area contributed by atoms with Gasteiger partial charge in [0.15, 0.2) is 23.0 Å². The smallest absolute Gasteiger partial charge is 0.160 e. The second kappa shape index (κ2) is 9.41. The van der Waals surface area contributed by atoms with Crippen LogP contribution < -0.4 is 9.47 Å². The maximum atomic E-state index is 9.80. The maximum absolute atomic E-state index is 9.80. The molecule has 0 aliphatic carbocycles. The Balaban J connectivity index is 0.000000589. The van der Waals surface area contributed by atoms with E-state index in [-0.39, 0.29) is 35.5 Å². The average molecular weight is 414 g/mol. The molecule has 2 aliphatic rings. The van der Waals surface area contributed by atoms with E-state index in [0.717, 1.165) is 11.1 Å². The third-order valence-corrected chi connectivity index (χ3v) is 5.33. The number of phenolic OH excluding ortho intramolecular Hbond substituents is 2. The SMILES string of the molecule is C=C(C)C.COc1cc([C@H]2OC[C@H]3[C@@H]2CO[C@@H]3c2ccc(O)c(OC)c2)ccc1O. The number of aromatic hydroxyl groups is 2. The van der Waals surface area contributed by atoms with E-state index in [1.165, 1.54) is 19.8 Å². The van der Waals surface area contributed by atoms with Crippen LogP contribution in [0.4, 0.5) is 0 Å². The molecular formula is C24H30O6. The second-order valence-electron chi connectivity index (χ2n) is 7.91. The van der Waals surface area contributed by atoms with Gasteiger partial charge in [0.05, 0.1) is 39.6 Å². The van der Waals surface area contributed by atoms with Crippen LogP contribution in [0.5, 0.6) is 23.0 Å². The first kappa shape index (κ1) is 22.0. The van der Waals surface area contributed by atoms with Crippen LogP contribution in [0.2, 0.25) is 0 Å². The monoisotopic (exact) mass is 414 g/mol. The molecule has 2 N–H and O–H groups in total. The minimum Gasteiger partial charge on any atom is -0.504 e. The fourth-order valence-corrected chi connectivity index (χ4v) is 3.98. The lowest BCUT2D eigenvalue weighted by Gasteiger charge is -2.18. The molecule has 2 aromatic carbocycles. The van der Waals surface area contributed by atoms with Gasteiger partial charge in [-0.05, 0) is 49.2 Å². The molecule has 0 amide bonds. The molecule has 2 saturated heterocycles. The molecule has 4 rings (SSSR count). The van der Waals surface area contributed by atoms with Gasteiger partial charge in [0.1, 0.15) is 0 Å². The topological polar surface area (TPSA) is 77.4 Å². The molecule has 2 heterocycles. The summed E-state index contributed by atoms with van der Waals surface area (Å²) >= 11 is 0. The fraction of sp³-hybridized carbons (Fsp3) is 0.417. The molecule has 0 spiro atoms. The van der Waals surface area contributed by atoms with Gasteiger partial charge in [0.2, 0.25) is 0 Å². The highest BCUT2D eigenvalue weighted by Crippen LogP contribution is 2.51. The molecule has 2 aliphatic heterocycles. The first-order chi connectivity index (χ1) is 14.3. The molecule has 6 heteroatoms. The zero-order chi connectivity index (χ0) is 21.8.